The van der Waals surface area contributed by atoms with Crippen molar-refractivity contribution >= 4 is 12.1 Å². The van der Waals surface area contributed by atoms with E-state index in [0.29, 0.717) is 5.75 Å². The van der Waals surface area contributed by atoms with Gasteiger partial charge in [-0.1, -0.05) is 12.1 Å². The number of carbonyl (C=O) groups is 2. The normalized spacial score (nSPS) is 12.1. The van der Waals surface area contributed by atoms with Gasteiger partial charge in [0.25, 0.3) is 0 Å². The van der Waals surface area contributed by atoms with Crippen molar-refractivity contribution in [3.63, 3.8) is 0 Å². The van der Waals surface area contributed by atoms with Crippen LogP contribution in [0.3, 0.4) is 0 Å². The quantitative estimate of drug-likeness (QED) is 0.735. The number of benzene rings is 1. The number of carbonyl (C=O) groups excluding carboxylic acids is 2. The Morgan fingerprint density at radius 3 is 2.34 bits per heavy atom. The fourth-order valence-corrected chi connectivity index (χ4v) is 2.57. The molecule has 156 valence electrons. The lowest BCUT2D eigenvalue weighted by Gasteiger charge is -2.22. The Hall–Kier alpha value is -3.09. The maximum atomic E-state index is 12.1. The van der Waals surface area contributed by atoms with E-state index in [1.807, 2.05) is 44.2 Å². The molecular formula is C22H28N2O5. The number of aromatic nitrogens is 1. The molecule has 1 amide bonds. The molecule has 2 rings (SSSR count). The summed E-state index contributed by atoms with van der Waals surface area (Å²) in [4.78, 5) is 28.3. The first-order valence-electron chi connectivity index (χ1n) is 9.35. The molecule has 0 fully saturated rings. The van der Waals surface area contributed by atoms with Crippen molar-refractivity contribution in [1.29, 1.82) is 0 Å². The molecule has 1 aromatic carbocycles. The third-order valence-corrected chi connectivity index (χ3v) is 4.17. The molecule has 29 heavy (non-hydrogen) atoms. The van der Waals surface area contributed by atoms with Crippen LogP contribution in [0.15, 0.2) is 36.5 Å². The predicted octanol–water partition coefficient (Wildman–Crippen LogP) is 4.10. The number of pyridine rings is 1. The average molecular weight is 400 g/mol. The van der Waals surface area contributed by atoms with E-state index in [1.165, 1.54) is 7.11 Å². The average Bonchev–Trinajstić information content (AvgIpc) is 2.64. The number of hydrogen-bond donors (Lipinski definition) is 1. The maximum absolute atomic E-state index is 12.1. The number of hydrogen-bond acceptors (Lipinski definition) is 6. The second-order valence-corrected chi connectivity index (χ2v) is 7.69. The van der Waals surface area contributed by atoms with E-state index < -0.39 is 23.7 Å². The van der Waals surface area contributed by atoms with Crippen LogP contribution in [0.5, 0.6) is 11.5 Å². The van der Waals surface area contributed by atoms with Gasteiger partial charge in [0.1, 0.15) is 23.1 Å². The Bertz CT molecular complexity index is 856. The first-order valence-corrected chi connectivity index (χ1v) is 9.35. The number of ether oxygens (including phenoxy) is 3. The Morgan fingerprint density at radius 1 is 1.10 bits per heavy atom. The molecule has 0 unspecified atom stereocenters. The van der Waals surface area contributed by atoms with Crippen LogP contribution in [0.1, 0.15) is 37.6 Å². The fourth-order valence-electron chi connectivity index (χ4n) is 2.57. The highest BCUT2D eigenvalue weighted by Crippen LogP contribution is 2.26. The third-order valence-electron chi connectivity index (χ3n) is 4.17. The summed E-state index contributed by atoms with van der Waals surface area (Å²) in [6.45, 7) is 9.14. The SMILES string of the molecule is COC(=O)[C@H](Cc1ccc(Oc2ccnc(C)c2C)cc1)NC(=O)OC(C)(C)C. The number of alkyl carbamates (subject to hydrolysis) is 1. The van der Waals surface area contributed by atoms with Crippen molar-refractivity contribution in [1.82, 2.24) is 10.3 Å². The highest BCUT2D eigenvalue weighted by molar-refractivity contribution is 5.81. The van der Waals surface area contributed by atoms with Crippen molar-refractivity contribution in [3.05, 3.63) is 53.3 Å². The fraction of sp³-hybridized carbons (Fsp3) is 0.409. The number of amides is 1. The Kier molecular flexibility index (Phi) is 7.20. The summed E-state index contributed by atoms with van der Waals surface area (Å²) in [5, 5.41) is 2.57. The van der Waals surface area contributed by atoms with Gasteiger partial charge in [-0.3, -0.25) is 4.98 Å². The van der Waals surface area contributed by atoms with Crippen LogP contribution in [-0.4, -0.2) is 35.8 Å². The van der Waals surface area contributed by atoms with E-state index in [2.05, 4.69) is 10.3 Å². The van der Waals surface area contributed by atoms with Crippen molar-refractivity contribution in [3.8, 4) is 11.5 Å². The van der Waals surface area contributed by atoms with Gasteiger partial charge >= 0.3 is 12.1 Å². The van der Waals surface area contributed by atoms with E-state index in [9.17, 15) is 9.59 Å². The van der Waals surface area contributed by atoms with Crippen LogP contribution in [0.4, 0.5) is 4.79 Å². The van der Waals surface area contributed by atoms with Crippen LogP contribution in [-0.2, 0) is 20.7 Å². The van der Waals surface area contributed by atoms with Crippen LogP contribution < -0.4 is 10.1 Å². The molecule has 1 heterocycles. The van der Waals surface area contributed by atoms with Gasteiger partial charge in [0, 0.05) is 23.9 Å². The summed E-state index contributed by atoms with van der Waals surface area (Å²) >= 11 is 0. The molecule has 0 spiro atoms. The molecule has 2 aromatic rings. The van der Waals surface area contributed by atoms with Crippen LogP contribution in [0.2, 0.25) is 0 Å². The van der Waals surface area contributed by atoms with Crippen LogP contribution >= 0.6 is 0 Å². The minimum atomic E-state index is -0.855. The molecule has 0 radical (unpaired) electrons. The van der Waals surface area contributed by atoms with Gasteiger partial charge in [-0.25, -0.2) is 9.59 Å². The van der Waals surface area contributed by atoms with Gasteiger partial charge in [-0.15, -0.1) is 0 Å². The van der Waals surface area contributed by atoms with Gasteiger partial charge in [-0.2, -0.15) is 0 Å². The van der Waals surface area contributed by atoms with Gasteiger partial charge in [0.05, 0.1) is 7.11 Å². The molecule has 0 aliphatic heterocycles. The molecule has 0 bridgehead atoms. The van der Waals surface area contributed by atoms with Crippen LogP contribution in [0.25, 0.3) is 0 Å². The molecule has 0 aliphatic carbocycles. The smallest absolute Gasteiger partial charge is 0.408 e. The van der Waals surface area contributed by atoms with E-state index in [-0.39, 0.29) is 6.42 Å². The summed E-state index contributed by atoms with van der Waals surface area (Å²) < 4.78 is 15.9. The Morgan fingerprint density at radius 2 is 1.76 bits per heavy atom. The van der Waals surface area contributed by atoms with Gasteiger partial charge in [0.2, 0.25) is 0 Å². The molecule has 0 saturated heterocycles. The van der Waals surface area contributed by atoms with Crippen molar-refractivity contribution in [2.45, 2.75) is 52.7 Å². The molecular weight excluding hydrogens is 372 g/mol. The summed E-state index contributed by atoms with van der Waals surface area (Å²) in [6, 6.07) is 8.26. The lowest BCUT2D eigenvalue weighted by atomic mass is 10.1. The number of aryl methyl sites for hydroxylation is 1. The Labute approximate surface area is 171 Å². The topological polar surface area (TPSA) is 86.8 Å². The van der Waals surface area contributed by atoms with Gasteiger partial charge in [0.15, 0.2) is 0 Å². The monoisotopic (exact) mass is 400 g/mol. The van der Waals surface area contributed by atoms with Gasteiger partial charge < -0.3 is 19.5 Å². The molecule has 1 aromatic heterocycles. The number of nitrogens with one attached hydrogen (secondary N) is 1. The molecule has 7 nitrogen and oxygen atoms in total. The minimum Gasteiger partial charge on any atom is -0.467 e. The van der Waals surface area contributed by atoms with E-state index >= 15 is 0 Å². The van der Waals surface area contributed by atoms with E-state index in [4.69, 9.17) is 14.2 Å². The largest absolute Gasteiger partial charge is 0.467 e. The van der Waals surface area contributed by atoms with Gasteiger partial charge in [-0.05, 0) is 58.4 Å². The number of methoxy groups -OCH3 is 1. The number of rotatable bonds is 6. The zero-order valence-corrected chi connectivity index (χ0v) is 17.7. The molecule has 0 aliphatic rings. The van der Waals surface area contributed by atoms with Crippen LogP contribution in [0, 0.1) is 13.8 Å². The summed E-state index contributed by atoms with van der Waals surface area (Å²) in [5.74, 6) is 0.862. The molecule has 7 heteroatoms. The number of nitrogens with zero attached hydrogens (tertiary/aromatic N) is 1. The standard InChI is InChI=1S/C22H28N2O5/c1-14-15(2)23-12-11-19(14)28-17-9-7-16(8-10-17)13-18(20(25)27-6)24-21(26)29-22(3,4)5/h7-12,18H,13H2,1-6H3,(H,24,26)/t18-/m0/s1. The molecule has 0 saturated carbocycles. The van der Waals surface area contributed by atoms with Crippen molar-refractivity contribution in [2.24, 2.45) is 0 Å². The lowest BCUT2D eigenvalue weighted by molar-refractivity contribution is -0.143. The zero-order valence-electron chi connectivity index (χ0n) is 17.7. The van der Waals surface area contributed by atoms with E-state index in [1.54, 1.807) is 27.0 Å². The maximum Gasteiger partial charge on any atom is 0.408 e. The molecule has 1 N–H and O–H groups in total. The zero-order chi connectivity index (χ0) is 21.6. The summed E-state index contributed by atoms with van der Waals surface area (Å²) in [6.07, 6.45) is 1.30. The molecule has 1 atom stereocenters. The second-order valence-electron chi connectivity index (χ2n) is 7.69. The first-order chi connectivity index (χ1) is 13.6. The number of esters is 1. The van der Waals surface area contributed by atoms with E-state index in [0.717, 1.165) is 22.6 Å². The summed E-state index contributed by atoms with van der Waals surface area (Å²) in [5.41, 5.74) is 2.07. The third kappa shape index (κ3) is 6.78. The predicted molar refractivity (Wildman–Crippen MR) is 109 cm³/mol. The van der Waals surface area contributed by atoms with Crippen molar-refractivity contribution < 1.29 is 23.8 Å². The first kappa shape index (κ1) is 22.2. The van der Waals surface area contributed by atoms with Crippen molar-refractivity contribution in [2.75, 3.05) is 7.11 Å². The highest BCUT2D eigenvalue weighted by atomic mass is 16.6. The lowest BCUT2D eigenvalue weighted by Crippen LogP contribution is -2.45. The second kappa shape index (κ2) is 9.41. The highest BCUT2D eigenvalue weighted by Gasteiger charge is 2.25. The Balaban J connectivity index is 2.07. The minimum absolute atomic E-state index is 0.263. The summed E-state index contributed by atoms with van der Waals surface area (Å²) in [7, 11) is 1.28.